The van der Waals surface area contributed by atoms with Crippen LogP contribution in [-0.2, 0) is 13.5 Å². The maximum atomic E-state index is 14.4. The Morgan fingerprint density at radius 1 is 1.38 bits per heavy atom. The van der Waals surface area contributed by atoms with Gasteiger partial charge in [-0.2, -0.15) is 5.10 Å². The maximum absolute atomic E-state index is 14.4. The van der Waals surface area contributed by atoms with Crippen molar-refractivity contribution in [2.75, 3.05) is 5.88 Å². The molecule has 1 aromatic carbocycles. The topological polar surface area (TPSA) is 35.6 Å². The van der Waals surface area contributed by atoms with E-state index in [9.17, 15) is 4.39 Å². The van der Waals surface area contributed by atoms with Crippen molar-refractivity contribution in [2.45, 2.75) is 13.3 Å². The molecule has 0 aliphatic carbocycles. The second-order valence-electron chi connectivity index (χ2n) is 4.75. The first-order valence-electron chi connectivity index (χ1n) is 6.46. The third-order valence-electron chi connectivity index (χ3n) is 3.35. The minimum Gasteiger partial charge on any atom is -0.277 e. The van der Waals surface area contributed by atoms with Gasteiger partial charge >= 0.3 is 0 Å². The number of fused-ring (bicyclic) bond motifs is 1. The molecular weight excluding hydrogens is 359 g/mol. The molecule has 0 fully saturated rings. The highest BCUT2D eigenvalue weighted by molar-refractivity contribution is 9.10. The van der Waals surface area contributed by atoms with E-state index in [2.05, 4.69) is 26.0 Å². The van der Waals surface area contributed by atoms with Crippen LogP contribution >= 0.6 is 27.5 Å². The van der Waals surface area contributed by atoms with Gasteiger partial charge in [-0.3, -0.25) is 4.57 Å². The number of alkyl halides is 1. The molecule has 0 saturated heterocycles. The Hall–Kier alpha value is -1.40. The number of aromatic nitrogens is 4. The molecule has 3 rings (SSSR count). The fraction of sp³-hybridized carbons (Fsp3) is 0.286. The zero-order chi connectivity index (χ0) is 15.1. The first kappa shape index (κ1) is 14.5. The lowest BCUT2D eigenvalue weighted by molar-refractivity contribution is 0.613. The molecule has 0 saturated carbocycles. The van der Waals surface area contributed by atoms with E-state index in [1.807, 2.05) is 14.0 Å². The molecule has 7 heteroatoms. The molecule has 0 aliphatic heterocycles. The van der Waals surface area contributed by atoms with E-state index in [0.717, 1.165) is 22.7 Å². The number of imidazole rings is 1. The molecular formula is C14H13BrClFN4. The van der Waals surface area contributed by atoms with Crippen LogP contribution in [-0.4, -0.2) is 25.2 Å². The monoisotopic (exact) mass is 370 g/mol. The third-order valence-corrected chi connectivity index (χ3v) is 4.18. The van der Waals surface area contributed by atoms with E-state index in [1.165, 1.54) is 6.07 Å². The van der Waals surface area contributed by atoms with Gasteiger partial charge in [-0.15, -0.1) is 11.6 Å². The Morgan fingerprint density at radius 3 is 2.81 bits per heavy atom. The fourth-order valence-corrected chi connectivity index (χ4v) is 3.20. The minimum atomic E-state index is -0.321. The summed E-state index contributed by atoms with van der Waals surface area (Å²) in [6.45, 7) is 1.89. The lowest BCUT2D eigenvalue weighted by Gasteiger charge is -2.12. The summed E-state index contributed by atoms with van der Waals surface area (Å²) >= 11 is 9.29. The summed E-state index contributed by atoms with van der Waals surface area (Å²) < 4.78 is 18.5. The minimum absolute atomic E-state index is 0.321. The normalized spacial score (nSPS) is 11.5. The Labute approximate surface area is 134 Å². The number of nitrogens with zero attached hydrogens (tertiary/aromatic N) is 4. The number of aryl methyl sites for hydroxylation is 3. The van der Waals surface area contributed by atoms with Crippen LogP contribution in [0.4, 0.5) is 4.39 Å². The van der Waals surface area contributed by atoms with Gasteiger partial charge in [-0.25, -0.2) is 14.1 Å². The standard InChI is InChI=1S/C14H13BrClFN4/c1-8-12-14(20(2)19-8)21(11(18-12)6-7-16)13-9(15)4-3-5-10(13)17/h3-5H,6-7H2,1-2H3. The van der Waals surface area contributed by atoms with Gasteiger partial charge in [0.2, 0.25) is 0 Å². The predicted octanol–water partition coefficient (Wildman–Crippen LogP) is 3.75. The molecule has 2 heterocycles. The molecule has 0 spiro atoms. The van der Waals surface area contributed by atoms with Crippen molar-refractivity contribution in [1.82, 2.24) is 19.3 Å². The largest absolute Gasteiger partial charge is 0.277 e. The number of rotatable bonds is 3. The van der Waals surface area contributed by atoms with E-state index >= 15 is 0 Å². The third kappa shape index (κ3) is 2.26. The number of hydrogen-bond acceptors (Lipinski definition) is 2. The van der Waals surface area contributed by atoms with Crippen molar-refractivity contribution in [2.24, 2.45) is 7.05 Å². The first-order valence-corrected chi connectivity index (χ1v) is 7.78. The van der Waals surface area contributed by atoms with Gasteiger partial charge in [0.25, 0.3) is 0 Å². The average Bonchev–Trinajstić information content (AvgIpc) is 2.90. The molecule has 2 aromatic heterocycles. The molecule has 3 aromatic rings. The van der Waals surface area contributed by atoms with Crippen LogP contribution in [0.25, 0.3) is 16.9 Å². The molecule has 0 aliphatic rings. The fourth-order valence-electron chi connectivity index (χ4n) is 2.51. The second kappa shape index (κ2) is 5.42. The van der Waals surface area contributed by atoms with Crippen LogP contribution in [0.2, 0.25) is 0 Å². The van der Waals surface area contributed by atoms with E-state index in [-0.39, 0.29) is 5.82 Å². The molecule has 4 nitrogen and oxygen atoms in total. The lowest BCUT2D eigenvalue weighted by Crippen LogP contribution is -2.08. The van der Waals surface area contributed by atoms with Gasteiger partial charge in [0.05, 0.1) is 11.4 Å². The Kier molecular flexibility index (Phi) is 3.75. The highest BCUT2D eigenvalue weighted by Gasteiger charge is 2.21. The van der Waals surface area contributed by atoms with Crippen molar-refractivity contribution in [3.8, 4) is 5.69 Å². The van der Waals surface area contributed by atoms with Gasteiger partial charge in [0.1, 0.15) is 17.2 Å². The SMILES string of the molecule is Cc1nn(C)c2c1nc(CCCl)n2-c1c(F)cccc1Br. The summed E-state index contributed by atoms with van der Waals surface area (Å²) in [5.74, 6) is 0.822. The van der Waals surface area contributed by atoms with Gasteiger partial charge in [-0.1, -0.05) is 6.07 Å². The van der Waals surface area contributed by atoms with Gasteiger partial charge in [-0.05, 0) is 35.0 Å². The summed E-state index contributed by atoms with van der Waals surface area (Å²) in [5.41, 5.74) is 2.78. The van der Waals surface area contributed by atoms with Crippen LogP contribution < -0.4 is 0 Å². The summed E-state index contributed by atoms with van der Waals surface area (Å²) in [4.78, 5) is 4.59. The smallest absolute Gasteiger partial charge is 0.163 e. The Morgan fingerprint density at radius 2 is 2.14 bits per heavy atom. The summed E-state index contributed by atoms with van der Waals surface area (Å²) in [6, 6.07) is 4.89. The number of hydrogen-bond donors (Lipinski definition) is 0. The zero-order valence-corrected chi connectivity index (χ0v) is 13.9. The molecule has 0 radical (unpaired) electrons. The first-order chi connectivity index (χ1) is 10.0. The number of halogens is 3. The lowest BCUT2D eigenvalue weighted by atomic mass is 10.3. The van der Waals surface area contributed by atoms with Crippen LogP contribution in [0.15, 0.2) is 22.7 Å². The second-order valence-corrected chi connectivity index (χ2v) is 5.99. The summed E-state index contributed by atoms with van der Waals surface area (Å²) in [6.07, 6.45) is 0.552. The molecule has 0 bridgehead atoms. The zero-order valence-electron chi connectivity index (χ0n) is 11.6. The van der Waals surface area contributed by atoms with Gasteiger partial charge in [0, 0.05) is 23.8 Å². The van der Waals surface area contributed by atoms with Crippen molar-refractivity contribution in [3.63, 3.8) is 0 Å². The molecule has 0 atom stereocenters. The Bertz CT molecular complexity index is 804. The van der Waals surface area contributed by atoms with Crippen LogP contribution in [0.3, 0.4) is 0 Å². The van der Waals surface area contributed by atoms with Crippen LogP contribution in [0, 0.1) is 12.7 Å². The van der Waals surface area contributed by atoms with Gasteiger partial charge in [0.15, 0.2) is 5.65 Å². The quantitative estimate of drug-likeness (QED) is 0.657. The number of benzene rings is 1. The number of para-hydroxylation sites is 1. The van der Waals surface area contributed by atoms with E-state index in [0.29, 0.717) is 22.5 Å². The molecule has 0 unspecified atom stereocenters. The molecule has 21 heavy (non-hydrogen) atoms. The highest BCUT2D eigenvalue weighted by atomic mass is 79.9. The summed E-state index contributed by atoms with van der Waals surface area (Å²) in [7, 11) is 1.83. The van der Waals surface area contributed by atoms with E-state index in [1.54, 1.807) is 21.4 Å². The van der Waals surface area contributed by atoms with E-state index < -0.39 is 0 Å². The Balaban J connectivity index is 2.42. The predicted molar refractivity (Wildman–Crippen MR) is 84.7 cm³/mol. The highest BCUT2D eigenvalue weighted by Crippen LogP contribution is 2.30. The average molecular weight is 372 g/mol. The maximum Gasteiger partial charge on any atom is 0.163 e. The van der Waals surface area contributed by atoms with Crippen molar-refractivity contribution >= 4 is 38.7 Å². The molecule has 0 amide bonds. The van der Waals surface area contributed by atoms with Crippen LogP contribution in [0.5, 0.6) is 0 Å². The van der Waals surface area contributed by atoms with Crippen molar-refractivity contribution in [1.29, 1.82) is 0 Å². The van der Waals surface area contributed by atoms with Crippen molar-refractivity contribution in [3.05, 3.63) is 40.0 Å². The van der Waals surface area contributed by atoms with Crippen LogP contribution in [0.1, 0.15) is 11.5 Å². The van der Waals surface area contributed by atoms with E-state index in [4.69, 9.17) is 11.6 Å². The molecule has 0 N–H and O–H groups in total. The summed E-state index contributed by atoms with van der Waals surface area (Å²) in [5, 5.41) is 4.36. The van der Waals surface area contributed by atoms with Gasteiger partial charge < -0.3 is 0 Å². The van der Waals surface area contributed by atoms with Crippen molar-refractivity contribution < 1.29 is 4.39 Å². The molecule has 110 valence electrons.